The number of rotatable bonds is 3. The van der Waals surface area contributed by atoms with Crippen LogP contribution in [-0.4, -0.2) is 47.6 Å². The van der Waals surface area contributed by atoms with Crippen LogP contribution < -0.4 is 4.90 Å². The number of anilines is 1. The number of carboxylic acids is 1. The zero-order chi connectivity index (χ0) is 15.7. The van der Waals surface area contributed by atoms with Gasteiger partial charge in [0.05, 0.1) is 12.0 Å². The van der Waals surface area contributed by atoms with Gasteiger partial charge in [0.15, 0.2) is 0 Å². The predicted molar refractivity (Wildman–Crippen MR) is 83.9 cm³/mol. The number of nitrogens with zero attached hydrogens (tertiary/aromatic N) is 2. The second-order valence-corrected chi connectivity index (χ2v) is 6.30. The van der Waals surface area contributed by atoms with Crippen molar-refractivity contribution in [3.63, 3.8) is 0 Å². The van der Waals surface area contributed by atoms with E-state index in [1.54, 1.807) is 0 Å². The summed E-state index contributed by atoms with van der Waals surface area (Å²) >= 11 is 0. The van der Waals surface area contributed by atoms with Crippen LogP contribution in [0, 0.1) is 12.8 Å². The Bertz CT molecular complexity index is 570. The molecule has 0 aliphatic carbocycles. The van der Waals surface area contributed by atoms with Gasteiger partial charge in [-0.25, -0.2) is 0 Å². The van der Waals surface area contributed by atoms with Crippen LogP contribution in [0.1, 0.15) is 24.8 Å². The third kappa shape index (κ3) is 2.86. The molecule has 3 rings (SSSR count). The van der Waals surface area contributed by atoms with E-state index in [0.717, 1.165) is 25.1 Å². The fourth-order valence-corrected chi connectivity index (χ4v) is 3.48. The number of aliphatic carboxylic acids is 1. The summed E-state index contributed by atoms with van der Waals surface area (Å²) in [6.07, 6.45) is 2.35. The fourth-order valence-electron chi connectivity index (χ4n) is 3.48. The van der Waals surface area contributed by atoms with Gasteiger partial charge in [-0.3, -0.25) is 14.5 Å². The van der Waals surface area contributed by atoms with Crippen LogP contribution in [0.15, 0.2) is 24.3 Å². The normalized spacial score (nSPS) is 26.4. The highest BCUT2D eigenvalue weighted by Gasteiger charge is 2.39. The third-order valence-corrected chi connectivity index (χ3v) is 4.77. The largest absolute Gasteiger partial charge is 0.481 e. The van der Waals surface area contributed by atoms with Gasteiger partial charge in [-0.1, -0.05) is 17.7 Å². The molecule has 2 unspecified atom stereocenters. The number of piperidine rings is 1. The van der Waals surface area contributed by atoms with Crippen LogP contribution in [0.3, 0.4) is 0 Å². The van der Waals surface area contributed by atoms with Crippen molar-refractivity contribution in [3.8, 4) is 0 Å². The minimum atomic E-state index is -0.745. The Morgan fingerprint density at radius 3 is 2.59 bits per heavy atom. The predicted octanol–water partition coefficient (Wildman–Crippen LogP) is 1.90. The summed E-state index contributed by atoms with van der Waals surface area (Å²) in [5, 5.41) is 9.20. The smallest absolute Gasteiger partial charge is 0.307 e. The van der Waals surface area contributed by atoms with Gasteiger partial charge in [-0.2, -0.15) is 0 Å². The number of aryl methyl sites for hydroxylation is 1. The fraction of sp³-hybridized carbons (Fsp3) is 0.529. The number of hydrogen-bond acceptors (Lipinski definition) is 3. The first-order chi connectivity index (χ1) is 10.6. The number of amides is 1. The lowest BCUT2D eigenvalue weighted by molar-refractivity contribution is -0.144. The molecule has 2 saturated heterocycles. The maximum Gasteiger partial charge on any atom is 0.307 e. The van der Waals surface area contributed by atoms with E-state index >= 15 is 0 Å². The number of carbonyl (C=O) groups excluding carboxylic acids is 1. The molecule has 2 heterocycles. The molecule has 1 N–H and O–H groups in total. The molecule has 0 bridgehead atoms. The average molecular weight is 302 g/mol. The van der Waals surface area contributed by atoms with E-state index in [2.05, 4.69) is 4.90 Å². The first kappa shape index (κ1) is 15.0. The van der Waals surface area contributed by atoms with Gasteiger partial charge in [0.2, 0.25) is 5.91 Å². The maximum atomic E-state index is 12.7. The average Bonchev–Trinajstić information content (AvgIpc) is 2.90. The van der Waals surface area contributed by atoms with Gasteiger partial charge < -0.3 is 10.0 Å². The van der Waals surface area contributed by atoms with Crippen LogP contribution in [-0.2, 0) is 9.59 Å². The van der Waals surface area contributed by atoms with Crippen LogP contribution >= 0.6 is 0 Å². The molecule has 2 aliphatic heterocycles. The Hall–Kier alpha value is -1.88. The maximum absolute atomic E-state index is 12.7. The first-order valence-corrected chi connectivity index (χ1v) is 7.91. The minimum absolute atomic E-state index is 0.106. The zero-order valence-electron chi connectivity index (χ0n) is 12.9. The lowest BCUT2D eigenvalue weighted by Gasteiger charge is -2.34. The summed E-state index contributed by atoms with van der Waals surface area (Å²) in [6, 6.07) is 7.82. The highest BCUT2D eigenvalue weighted by Crippen LogP contribution is 2.28. The van der Waals surface area contributed by atoms with Gasteiger partial charge in [-0.05, 0) is 44.9 Å². The van der Waals surface area contributed by atoms with E-state index in [9.17, 15) is 14.7 Å². The summed E-state index contributed by atoms with van der Waals surface area (Å²) in [5.74, 6) is -0.976. The molecule has 1 amide bonds. The third-order valence-electron chi connectivity index (χ3n) is 4.77. The molecule has 0 saturated carbocycles. The van der Waals surface area contributed by atoms with Crippen molar-refractivity contribution in [1.29, 1.82) is 0 Å². The van der Waals surface area contributed by atoms with E-state index in [-0.39, 0.29) is 17.9 Å². The molecule has 0 spiro atoms. The number of carbonyl (C=O) groups is 2. The number of benzene rings is 1. The van der Waals surface area contributed by atoms with Crippen molar-refractivity contribution in [3.05, 3.63) is 29.8 Å². The van der Waals surface area contributed by atoms with Crippen molar-refractivity contribution in [2.24, 2.45) is 5.92 Å². The molecule has 1 aromatic rings. The number of likely N-dealkylation sites (tertiary alicyclic amines) is 1. The second-order valence-electron chi connectivity index (χ2n) is 6.30. The molecule has 2 aliphatic rings. The molecule has 118 valence electrons. The van der Waals surface area contributed by atoms with Crippen LogP contribution in [0.5, 0.6) is 0 Å². The summed E-state index contributed by atoms with van der Waals surface area (Å²) in [6.45, 7) is 4.05. The van der Waals surface area contributed by atoms with E-state index in [1.807, 2.05) is 36.1 Å². The Morgan fingerprint density at radius 1 is 1.18 bits per heavy atom. The number of hydrogen-bond donors (Lipinski definition) is 1. The molecule has 2 fully saturated rings. The molecular weight excluding hydrogens is 280 g/mol. The first-order valence-electron chi connectivity index (χ1n) is 7.91. The van der Waals surface area contributed by atoms with Crippen LogP contribution in [0.4, 0.5) is 5.69 Å². The molecule has 22 heavy (non-hydrogen) atoms. The van der Waals surface area contributed by atoms with Crippen molar-refractivity contribution < 1.29 is 14.7 Å². The van der Waals surface area contributed by atoms with Crippen molar-refractivity contribution in [2.75, 3.05) is 24.5 Å². The lowest BCUT2D eigenvalue weighted by atomic mass is 9.96. The molecule has 1 aromatic carbocycles. The quantitative estimate of drug-likeness (QED) is 0.926. The Balaban J connectivity index is 1.70. The molecule has 0 radical (unpaired) electrons. The van der Waals surface area contributed by atoms with Gasteiger partial charge in [0, 0.05) is 18.8 Å². The summed E-state index contributed by atoms with van der Waals surface area (Å²) in [5.41, 5.74) is 2.11. The monoisotopic (exact) mass is 302 g/mol. The Morgan fingerprint density at radius 2 is 1.91 bits per heavy atom. The van der Waals surface area contributed by atoms with Crippen molar-refractivity contribution in [1.82, 2.24) is 4.90 Å². The molecule has 5 heteroatoms. The van der Waals surface area contributed by atoms with Gasteiger partial charge >= 0.3 is 5.97 Å². The number of carboxylic acid groups (broad SMARTS) is 1. The molecular formula is C17H22N2O3. The second kappa shape index (κ2) is 6.08. The zero-order valence-corrected chi connectivity index (χ0v) is 12.9. The lowest BCUT2D eigenvalue weighted by Crippen LogP contribution is -2.48. The van der Waals surface area contributed by atoms with Crippen molar-refractivity contribution in [2.45, 2.75) is 32.2 Å². The Labute approximate surface area is 130 Å². The highest BCUT2D eigenvalue weighted by molar-refractivity contribution is 5.99. The van der Waals surface area contributed by atoms with Crippen molar-refractivity contribution >= 4 is 17.6 Å². The summed E-state index contributed by atoms with van der Waals surface area (Å²) in [4.78, 5) is 27.8. The molecule has 5 nitrogen and oxygen atoms in total. The van der Waals surface area contributed by atoms with E-state index in [0.29, 0.717) is 19.5 Å². The SMILES string of the molecule is Cc1ccc(N2CCC(N3CCCC(C(=O)O)C3)C2=O)cc1. The standard InChI is InChI=1S/C17H22N2O3/c1-12-4-6-14(7-5-12)19-10-8-15(16(19)20)18-9-2-3-13(11-18)17(21)22/h4-7,13,15H,2-3,8-11H2,1H3,(H,21,22). The van der Waals surface area contributed by atoms with E-state index < -0.39 is 5.97 Å². The van der Waals surface area contributed by atoms with Gasteiger partial charge in [-0.15, -0.1) is 0 Å². The van der Waals surface area contributed by atoms with Gasteiger partial charge in [0.1, 0.15) is 0 Å². The van der Waals surface area contributed by atoms with E-state index in [1.165, 1.54) is 5.56 Å². The van der Waals surface area contributed by atoms with Crippen LogP contribution in [0.2, 0.25) is 0 Å². The summed E-state index contributed by atoms with van der Waals surface area (Å²) < 4.78 is 0. The van der Waals surface area contributed by atoms with Gasteiger partial charge in [0.25, 0.3) is 0 Å². The highest BCUT2D eigenvalue weighted by atomic mass is 16.4. The summed E-state index contributed by atoms with van der Waals surface area (Å²) in [7, 11) is 0. The minimum Gasteiger partial charge on any atom is -0.481 e. The van der Waals surface area contributed by atoms with Crippen LogP contribution in [0.25, 0.3) is 0 Å². The molecule has 0 aromatic heterocycles. The Kier molecular flexibility index (Phi) is 4.16. The van der Waals surface area contributed by atoms with E-state index in [4.69, 9.17) is 0 Å². The topological polar surface area (TPSA) is 60.9 Å². The molecule has 2 atom stereocenters.